The number of hydrogen-bond acceptors (Lipinski definition) is 2. The molecule has 2 rings (SSSR count). The van der Waals surface area contributed by atoms with Crippen molar-refractivity contribution >= 4 is 5.97 Å². The van der Waals surface area contributed by atoms with Crippen LogP contribution in [0.25, 0.3) is 0 Å². The second-order valence-electron chi connectivity index (χ2n) is 3.25. The van der Waals surface area contributed by atoms with Crippen LogP contribution in [0.4, 0.5) is 0 Å². The van der Waals surface area contributed by atoms with Gasteiger partial charge in [0.05, 0.1) is 5.56 Å². The van der Waals surface area contributed by atoms with E-state index in [1.807, 2.05) is 0 Å². The molecule has 1 N–H and O–H groups in total. The summed E-state index contributed by atoms with van der Waals surface area (Å²) in [5.41, 5.74) is 0.549. The highest BCUT2D eigenvalue weighted by Crippen LogP contribution is 2.27. The predicted octanol–water partition coefficient (Wildman–Crippen LogP) is 1.54. The smallest absolute Gasteiger partial charge is 0.355 e. The summed E-state index contributed by atoms with van der Waals surface area (Å²) < 4.78 is 0. The van der Waals surface area contributed by atoms with Crippen LogP contribution >= 0.6 is 0 Å². The Kier molecular flexibility index (Phi) is 2.19. The Morgan fingerprint density at radius 2 is 2.36 bits per heavy atom. The van der Waals surface area contributed by atoms with Crippen LogP contribution < -0.4 is 0 Å². The van der Waals surface area contributed by atoms with Crippen LogP contribution in [0, 0.1) is 17.8 Å². The first-order chi connectivity index (χ1) is 6.77. The molecule has 1 aromatic heterocycles. The number of rotatable bonds is 1. The molecule has 1 heterocycles. The van der Waals surface area contributed by atoms with E-state index in [9.17, 15) is 4.79 Å². The molecule has 0 aromatic carbocycles. The van der Waals surface area contributed by atoms with Crippen molar-refractivity contribution in [3.05, 3.63) is 29.6 Å². The molecule has 0 aliphatic heterocycles. The molecule has 0 amide bonds. The minimum Gasteiger partial charge on any atom is -0.476 e. The minimum absolute atomic E-state index is 0.0423. The van der Waals surface area contributed by atoms with Crippen LogP contribution in [0.5, 0.6) is 0 Å². The summed E-state index contributed by atoms with van der Waals surface area (Å²) in [5.74, 6) is 5.32. The highest BCUT2D eigenvalue weighted by molar-refractivity contribution is 5.88. The van der Waals surface area contributed by atoms with E-state index in [1.165, 1.54) is 6.20 Å². The van der Waals surface area contributed by atoms with E-state index < -0.39 is 5.97 Å². The first-order valence-electron chi connectivity index (χ1n) is 4.47. The van der Waals surface area contributed by atoms with Crippen molar-refractivity contribution in [2.75, 3.05) is 0 Å². The van der Waals surface area contributed by atoms with Gasteiger partial charge in [-0.15, -0.1) is 0 Å². The summed E-state index contributed by atoms with van der Waals surface area (Å²) in [4.78, 5) is 14.5. The molecule has 0 bridgehead atoms. The van der Waals surface area contributed by atoms with Crippen LogP contribution in [-0.4, -0.2) is 16.1 Å². The average Bonchev–Trinajstić information content (AvgIpc) is 2.98. The van der Waals surface area contributed by atoms with Gasteiger partial charge >= 0.3 is 5.97 Å². The third kappa shape index (κ3) is 1.91. The van der Waals surface area contributed by atoms with Crippen LogP contribution in [-0.2, 0) is 0 Å². The van der Waals surface area contributed by atoms with Crippen LogP contribution in [0.2, 0.25) is 0 Å². The molecule has 0 radical (unpaired) electrons. The summed E-state index contributed by atoms with van der Waals surface area (Å²) in [6, 6.07) is 3.38. The van der Waals surface area contributed by atoms with Gasteiger partial charge in [-0.2, -0.15) is 0 Å². The molecule has 1 aliphatic carbocycles. The fraction of sp³-hybridized carbons (Fsp3) is 0.273. The highest BCUT2D eigenvalue weighted by atomic mass is 16.4. The molecule has 0 saturated heterocycles. The number of carbonyl (C=O) groups is 1. The average molecular weight is 187 g/mol. The topological polar surface area (TPSA) is 50.2 Å². The Hall–Kier alpha value is -1.82. The number of carboxylic acids is 1. The fourth-order valence-corrected chi connectivity index (χ4v) is 1.08. The number of nitrogens with zero attached hydrogens (tertiary/aromatic N) is 1. The van der Waals surface area contributed by atoms with E-state index in [2.05, 4.69) is 16.8 Å². The molecule has 1 saturated carbocycles. The number of aromatic nitrogens is 1. The Morgan fingerprint density at radius 1 is 1.57 bits per heavy atom. The monoisotopic (exact) mass is 187 g/mol. The normalized spacial score (nSPS) is 14.3. The van der Waals surface area contributed by atoms with Gasteiger partial charge in [-0.25, -0.2) is 9.78 Å². The molecule has 3 nitrogen and oxygen atoms in total. The van der Waals surface area contributed by atoms with Crippen LogP contribution in [0.1, 0.15) is 28.9 Å². The molecule has 3 heteroatoms. The van der Waals surface area contributed by atoms with Crippen molar-refractivity contribution in [3.8, 4) is 11.8 Å². The van der Waals surface area contributed by atoms with Gasteiger partial charge in [0.15, 0.2) is 5.69 Å². The second kappa shape index (κ2) is 3.51. The number of carboxylic acid groups (broad SMARTS) is 1. The number of pyridine rings is 1. The standard InChI is InChI=1S/C11H9NO2/c13-11(14)10-9(2-1-7-12-10)6-5-8-3-4-8/h1-2,7-8H,3-4H2,(H,13,14). The minimum atomic E-state index is -1.02. The number of aromatic carboxylic acids is 1. The maximum Gasteiger partial charge on any atom is 0.355 e. The molecule has 0 atom stereocenters. The van der Waals surface area contributed by atoms with Crippen molar-refractivity contribution in [1.29, 1.82) is 0 Å². The van der Waals surface area contributed by atoms with Crippen LogP contribution in [0.15, 0.2) is 18.3 Å². The third-order valence-electron chi connectivity index (χ3n) is 2.00. The van der Waals surface area contributed by atoms with Crippen molar-refractivity contribution in [1.82, 2.24) is 4.98 Å². The first-order valence-corrected chi connectivity index (χ1v) is 4.47. The molecule has 1 aliphatic rings. The summed E-state index contributed by atoms with van der Waals surface area (Å²) >= 11 is 0. The maximum atomic E-state index is 10.8. The lowest BCUT2D eigenvalue weighted by molar-refractivity contribution is 0.0690. The van der Waals surface area contributed by atoms with E-state index in [-0.39, 0.29) is 5.69 Å². The third-order valence-corrected chi connectivity index (χ3v) is 2.00. The largest absolute Gasteiger partial charge is 0.476 e. The molecule has 1 aromatic rings. The molecule has 0 spiro atoms. The summed E-state index contributed by atoms with van der Waals surface area (Å²) in [6.45, 7) is 0. The zero-order valence-electron chi connectivity index (χ0n) is 7.53. The first kappa shape index (κ1) is 8.76. The van der Waals surface area contributed by atoms with Gasteiger partial charge in [0.1, 0.15) is 0 Å². The Balaban J connectivity index is 2.32. The van der Waals surface area contributed by atoms with Crippen molar-refractivity contribution in [3.63, 3.8) is 0 Å². The van der Waals surface area contributed by atoms with E-state index in [1.54, 1.807) is 12.1 Å². The highest BCUT2D eigenvalue weighted by Gasteiger charge is 2.18. The Morgan fingerprint density at radius 3 is 3.00 bits per heavy atom. The van der Waals surface area contributed by atoms with Crippen LogP contribution in [0.3, 0.4) is 0 Å². The Bertz CT molecular complexity index is 424. The zero-order chi connectivity index (χ0) is 9.97. The zero-order valence-corrected chi connectivity index (χ0v) is 7.53. The van der Waals surface area contributed by atoms with E-state index in [0.717, 1.165) is 12.8 Å². The van der Waals surface area contributed by atoms with E-state index in [4.69, 9.17) is 5.11 Å². The second-order valence-corrected chi connectivity index (χ2v) is 3.25. The predicted molar refractivity (Wildman–Crippen MR) is 50.8 cm³/mol. The van der Waals surface area contributed by atoms with Crippen molar-refractivity contribution in [2.45, 2.75) is 12.8 Å². The fourth-order valence-electron chi connectivity index (χ4n) is 1.08. The lowest BCUT2D eigenvalue weighted by atomic mass is 10.2. The van der Waals surface area contributed by atoms with Gasteiger partial charge in [-0.3, -0.25) is 0 Å². The maximum absolute atomic E-state index is 10.8. The van der Waals surface area contributed by atoms with Crippen molar-refractivity contribution < 1.29 is 9.90 Å². The summed E-state index contributed by atoms with van der Waals surface area (Å²) in [7, 11) is 0. The molecular weight excluding hydrogens is 178 g/mol. The summed E-state index contributed by atoms with van der Waals surface area (Å²) in [5, 5.41) is 8.82. The number of hydrogen-bond donors (Lipinski definition) is 1. The molecule has 14 heavy (non-hydrogen) atoms. The SMILES string of the molecule is O=C(O)c1ncccc1C#CC1CC1. The van der Waals surface area contributed by atoms with Gasteiger partial charge in [0.25, 0.3) is 0 Å². The molecule has 70 valence electrons. The summed E-state index contributed by atoms with van der Waals surface area (Å²) in [6.07, 6.45) is 3.73. The van der Waals surface area contributed by atoms with E-state index in [0.29, 0.717) is 11.5 Å². The molecule has 1 fully saturated rings. The van der Waals surface area contributed by atoms with Gasteiger partial charge in [-0.1, -0.05) is 11.8 Å². The van der Waals surface area contributed by atoms with Gasteiger partial charge in [-0.05, 0) is 25.0 Å². The van der Waals surface area contributed by atoms with Crippen molar-refractivity contribution in [2.24, 2.45) is 5.92 Å². The lowest BCUT2D eigenvalue weighted by Gasteiger charge is -1.95. The molecular formula is C11H9NO2. The Labute approximate surface area is 81.8 Å². The van der Waals surface area contributed by atoms with Gasteiger partial charge in [0, 0.05) is 12.1 Å². The van der Waals surface area contributed by atoms with Gasteiger partial charge < -0.3 is 5.11 Å². The quantitative estimate of drug-likeness (QED) is 0.678. The van der Waals surface area contributed by atoms with E-state index >= 15 is 0 Å². The van der Waals surface area contributed by atoms with Gasteiger partial charge in [0.2, 0.25) is 0 Å². The molecule has 0 unspecified atom stereocenters. The lowest BCUT2D eigenvalue weighted by Crippen LogP contribution is -2.02.